The zero-order chi connectivity index (χ0) is 20.0. The van der Waals surface area contributed by atoms with Gasteiger partial charge in [0.25, 0.3) is 5.91 Å². The molecule has 146 valence electrons. The number of benzene rings is 1. The highest BCUT2D eigenvalue weighted by Crippen LogP contribution is 2.27. The lowest BCUT2D eigenvalue weighted by molar-refractivity contribution is 0.0914. The monoisotopic (exact) mass is 372 g/mol. The lowest BCUT2D eigenvalue weighted by Crippen LogP contribution is -2.41. The van der Waals surface area contributed by atoms with Gasteiger partial charge in [0.1, 0.15) is 5.69 Å². The second kappa shape index (κ2) is 8.70. The average molecular weight is 372 g/mol. The number of nitrogens with zero attached hydrogens (tertiary/aromatic N) is 2. The molecule has 0 radical (unpaired) electrons. The van der Waals surface area contributed by atoms with Crippen LogP contribution in [0.4, 0.5) is 5.95 Å². The van der Waals surface area contributed by atoms with Crippen LogP contribution in [0.2, 0.25) is 0 Å². The molecule has 0 saturated heterocycles. The van der Waals surface area contributed by atoms with Gasteiger partial charge < -0.3 is 20.1 Å². The van der Waals surface area contributed by atoms with Crippen molar-refractivity contribution in [2.24, 2.45) is 0 Å². The molecule has 1 heterocycles. The highest BCUT2D eigenvalue weighted by Gasteiger charge is 2.17. The minimum absolute atomic E-state index is 0.212. The molecule has 27 heavy (non-hydrogen) atoms. The molecular weight excluding hydrogens is 344 g/mol. The lowest BCUT2D eigenvalue weighted by atomic mass is 10.1. The Morgan fingerprint density at radius 2 is 1.78 bits per heavy atom. The van der Waals surface area contributed by atoms with E-state index in [-0.39, 0.29) is 11.4 Å². The van der Waals surface area contributed by atoms with Gasteiger partial charge in [0, 0.05) is 17.8 Å². The first-order chi connectivity index (χ1) is 12.7. The standard InChI is InChI=1S/C20H28N4O3/c1-13-11-15(18(25)24-20(2,3)4)23-19(22-13)21-10-9-14-7-8-16(26-5)17(12-14)27-6/h7-8,11-12H,9-10H2,1-6H3,(H,24,25)(H,21,22,23). The molecule has 0 aliphatic rings. The van der Waals surface area contributed by atoms with Crippen LogP contribution in [-0.4, -0.2) is 42.2 Å². The fourth-order valence-electron chi connectivity index (χ4n) is 2.52. The molecule has 0 aliphatic carbocycles. The number of aromatic nitrogens is 2. The Morgan fingerprint density at radius 3 is 2.41 bits per heavy atom. The normalized spacial score (nSPS) is 11.0. The number of ether oxygens (including phenoxy) is 2. The first-order valence-corrected chi connectivity index (χ1v) is 8.85. The van der Waals surface area contributed by atoms with Crippen molar-refractivity contribution >= 4 is 11.9 Å². The Kier molecular flexibility index (Phi) is 6.60. The number of rotatable bonds is 7. The minimum atomic E-state index is -0.322. The molecule has 1 aromatic heterocycles. The average Bonchev–Trinajstić information content (AvgIpc) is 2.59. The van der Waals surface area contributed by atoms with Crippen LogP contribution in [0.5, 0.6) is 11.5 Å². The summed E-state index contributed by atoms with van der Waals surface area (Å²) in [6.07, 6.45) is 0.751. The van der Waals surface area contributed by atoms with Crippen molar-refractivity contribution in [2.45, 2.75) is 39.7 Å². The van der Waals surface area contributed by atoms with E-state index in [1.165, 1.54) is 0 Å². The van der Waals surface area contributed by atoms with Crippen molar-refractivity contribution in [1.29, 1.82) is 0 Å². The smallest absolute Gasteiger partial charge is 0.270 e. The molecule has 1 amide bonds. The van der Waals surface area contributed by atoms with E-state index < -0.39 is 0 Å². The van der Waals surface area contributed by atoms with E-state index in [9.17, 15) is 4.79 Å². The van der Waals surface area contributed by atoms with Crippen LogP contribution in [0.25, 0.3) is 0 Å². The number of carbonyl (C=O) groups excluding carboxylic acids is 1. The van der Waals surface area contributed by atoms with Gasteiger partial charge in [-0.05, 0) is 57.9 Å². The largest absolute Gasteiger partial charge is 0.493 e. The van der Waals surface area contributed by atoms with Gasteiger partial charge in [0.15, 0.2) is 11.5 Å². The van der Waals surface area contributed by atoms with Crippen LogP contribution in [0.15, 0.2) is 24.3 Å². The third-order valence-electron chi connectivity index (χ3n) is 3.72. The maximum Gasteiger partial charge on any atom is 0.270 e. The second-order valence-corrected chi connectivity index (χ2v) is 7.29. The van der Waals surface area contributed by atoms with Crippen LogP contribution in [0.1, 0.15) is 42.5 Å². The SMILES string of the molecule is COc1ccc(CCNc2nc(C)cc(C(=O)NC(C)(C)C)n2)cc1OC. The van der Waals surface area contributed by atoms with Crippen LogP contribution < -0.4 is 20.1 Å². The van der Waals surface area contributed by atoms with Crippen molar-refractivity contribution in [3.8, 4) is 11.5 Å². The zero-order valence-corrected chi connectivity index (χ0v) is 16.8. The molecule has 0 unspecified atom stereocenters. The van der Waals surface area contributed by atoms with Crippen molar-refractivity contribution in [2.75, 3.05) is 26.1 Å². The highest BCUT2D eigenvalue weighted by molar-refractivity contribution is 5.93. The molecule has 0 atom stereocenters. The Labute approximate surface area is 160 Å². The molecular formula is C20H28N4O3. The van der Waals surface area contributed by atoms with E-state index in [0.29, 0.717) is 29.7 Å². The van der Waals surface area contributed by atoms with Crippen LogP contribution in [-0.2, 0) is 6.42 Å². The van der Waals surface area contributed by atoms with Crippen molar-refractivity contribution in [3.05, 3.63) is 41.2 Å². The van der Waals surface area contributed by atoms with E-state index in [1.54, 1.807) is 20.3 Å². The molecule has 0 bridgehead atoms. The summed E-state index contributed by atoms with van der Waals surface area (Å²) < 4.78 is 10.6. The van der Waals surface area contributed by atoms with E-state index in [0.717, 1.165) is 17.7 Å². The third kappa shape index (κ3) is 6.13. The molecule has 0 saturated carbocycles. The number of hydrogen-bond donors (Lipinski definition) is 2. The molecule has 0 fully saturated rings. The van der Waals surface area contributed by atoms with Crippen molar-refractivity contribution < 1.29 is 14.3 Å². The number of methoxy groups -OCH3 is 2. The van der Waals surface area contributed by atoms with Gasteiger partial charge in [-0.2, -0.15) is 0 Å². The van der Waals surface area contributed by atoms with Gasteiger partial charge in [0.05, 0.1) is 14.2 Å². The summed E-state index contributed by atoms with van der Waals surface area (Å²) in [6.45, 7) is 8.26. The maximum atomic E-state index is 12.3. The van der Waals surface area contributed by atoms with Crippen LogP contribution in [0.3, 0.4) is 0 Å². The van der Waals surface area contributed by atoms with Gasteiger partial charge in [0.2, 0.25) is 5.95 Å². The van der Waals surface area contributed by atoms with E-state index in [1.807, 2.05) is 45.9 Å². The fourth-order valence-corrected chi connectivity index (χ4v) is 2.52. The van der Waals surface area contributed by atoms with E-state index in [4.69, 9.17) is 9.47 Å². The molecule has 1 aromatic carbocycles. The van der Waals surface area contributed by atoms with Gasteiger partial charge in [-0.3, -0.25) is 4.79 Å². The summed E-state index contributed by atoms with van der Waals surface area (Å²) in [5.74, 6) is 1.62. The minimum Gasteiger partial charge on any atom is -0.493 e. The Morgan fingerprint density at radius 1 is 1.07 bits per heavy atom. The molecule has 7 nitrogen and oxygen atoms in total. The van der Waals surface area contributed by atoms with Gasteiger partial charge in [-0.1, -0.05) is 6.07 Å². The van der Waals surface area contributed by atoms with E-state index in [2.05, 4.69) is 20.6 Å². The zero-order valence-electron chi connectivity index (χ0n) is 16.8. The number of amides is 1. The number of hydrogen-bond acceptors (Lipinski definition) is 6. The second-order valence-electron chi connectivity index (χ2n) is 7.29. The van der Waals surface area contributed by atoms with Crippen LogP contribution >= 0.6 is 0 Å². The van der Waals surface area contributed by atoms with Crippen molar-refractivity contribution in [1.82, 2.24) is 15.3 Å². The lowest BCUT2D eigenvalue weighted by Gasteiger charge is -2.20. The molecule has 0 spiro atoms. The molecule has 0 aliphatic heterocycles. The van der Waals surface area contributed by atoms with Crippen LogP contribution in [0, 0.1) is 6.92 Å². The molecule has 7 heteroatoms. The number of anilines is 1. The van der Waals surface area contributed by atoms with Gasteiger partial charge in [-0.25, -0.2) is 9.97 Å². The maximum absolute atomic E-state index is 12.3. The topological polar surface area (TPSA) is 85.4 Å². The quantitative estimate of drug-likeness (QED) is 0.777. The molecule has 2 rings (SSSR count). The number of aryl methyl sites for hydroxylation is 1. The first-order valence-electron chi connectivity index (χ1n) is 8.85. The third-order valence-corrected chi connectivity index (χ3v) is 3.72. The van der Waals surface area contributed by atoms with Gasteiger partial charge >= 0.3 is 0 Å². The summed E-state index contributed by atoms with van der Waals surface area (Å²) in [5.41, 5.74) is 1.86. The summed E-state index contributed by atoms with van der Waals surface area (Å²) in [4.78, 5) is 21.0. The molecule has 2 aromatic rings. The molecule has 2 N–H and O–H groups in total. The summed E-state index contributed by atoms with van der Waals surface area (Å²) in [7, 11) is 3.23. The summed E-state index contributed by atoms with van der Waals surface area (Å²) >= 11 is 0. The Balaban J connectivity index is 2.03. The first kappa shape index (κ1) is 20.5. The Bertz CT molecular complexity index is 800. The Hall–Kier alpha value is -2.83. The van der Waals surface area contributed by atoms with Crippen molar-refractivity contribution in [3.63, 3.8) is 0 Å². The summed E-state index contributed by atoms with van der Waals surface area (Å²) in [6, 6.07) is 7.50. The fraction of sp³-hybridized carbons (Fsp3) is 0.450. The number of nitrogens with one attached hydrogen (secondary N) is 2. The van der Waals surface area contributed by atoms with E-state index >= 15 is 0 Å². The predicted molar refractivity (Wildman–Crippen MR) is 106 cm³/mol. The number of carbonyl (C=O) groups is 1. The van der Waals surface area contributed by atoms with Gasteiger partial charge in [-0.15, -0.1) is 0 Å². The predicted octanol–water partition coefficient (Wildman–Crippen LogP) is 2.99. The highest BCUT2D eigenvalue weighted by atomic mass is 16.5. The summed E-state index contributed by atoms with van der Waals surface area (Å²) in [5, 5.41) is 6.10.